The Morgan fingerprint density at radius 2 is 1.80 bits per heavy atom. The highest BCUT2D eigenvalue weighted by molar-refractivity contribution is 6.37. The molecular weight excluding hydrogens is 347 g/mol. The van der Waals surface area contributed by atoms with Crippen molar-refractivity contribution in [2.24, 2.45) is 0 Å². The van der Waals surface area contributed by atoms with Gasteiger partial charge in [0.1, 0.15) is 5.82 Å². The second-order valence-corrected chi connectivity index (χ2v) is 5.98. The van der Waals surface area contributed by atoms with E-state index in [0.717, 1.165) is 10.5 Å². The van der Waals surface area contributed by atoms with E-state index >= 15 is 0 Å². The van der Waals surface area contributed by atoms with Gasteiger partial charge in [0.2, 0.25) is 5.91 Å². The van der Waals surface area contributed by atoms with Crippen molar-refractivity contribution >= 4 is 29.3 Å². The number of hydrogen-bond acceptors (Lipinski definition) is 3. The number of fused-ring (bicyclic) bond motifs is 1. The molecule has 0 spiro atoms. The molecule has 2 aromatic carbocycles. The van der Waals surface area contributed by atoms with E-state index in [0.29, 0.717) is 0 Å². The molecule has 0 saturated heterocycles. The molecule has 0 aliphatic carbocycles. The van der Waals surface area contributed by atoms with E-state index in [1.165, 1.54) is 18.2 Å². The van der Waals surface area contributed by atoms with Crippen LogP contribution >= 0.6 is 11.6 Å². The standard InChI is InChI=1S/C18H14ClFN2O3/c19-14-3-1-2-13-16(14)18(25)22(17(13)24)9-8-15(23)21-10-11-4-6-12(20)7-5-11/h1-7H,8-10H2,(H,21,23). The zero-order valence-corrected chi connectivity index (χ0v) is 13.8. The van der Waals surface area contributed by atoms with E-state index in [1.54, 1.807) is 24.3 Å². The Morgan fingerprint density at radius 1 is 1.08 bits per heavy atom. The average Bonchev–Trinajstić information content (AvgIpc) is 2.84. The molecule has 1 N–H and O–H groups in total. The summed E-state index contributed by atoms with van der Waals surface area (Å²) in [6, 6.07) is 10.4. The van der Waals surface area contributed by atoms with Gasteiger partial charge < -0.3 is 5.32 Å². The van der Waals surface area contributed by atoms with Gasteiger partial charge in [0, 0.05) is 19.5 Å². The number of benzene rings is 2. The van der Waals surface area contributed by atoms with Crippen LogP contribution in [0.3, 0.4) is 0 Å². The molecule has 0 aromatic heterocycles. The highest BCUT2D eigenvalue weighted by atomic mass is 35.5. The van der Waals surface area contributed by atoms with Crippen molar-refractivity contribution in [3.05, 3.63) is 70.0 Å². The van der Waals surface area contributed by atoms with Crippen molar-refractivity contribution in [1.82, 2.24) is 10.2 Å². The largest absolute Gasteiger partial charge is 0.352 e. The SMILES string of the molecule is O=C(CCN1C(=O)c2cccc(Cl)c2C1=O)NCc1ccc(F)cc1. The molecule has 128 valence electrons. The Labute approximate surface area is 148 Å². The third-order valence-corrected chi connectivity index (χ3v) is 4.23. The number of carbonyl (C=O) groups is 3. The van der Waals surface area contributed by atoms with Crippen LogP contribution in [0.5, 0.6) is 0 Å². The highest BCUT2D eigenvalue weighted by Crippen LogP contribution is 2.29. The van der Waals surface area contributed by atoms with Crippen molar-refractivity contribution in [1.29, 1.82) is 0 Å². The van der Waals surface area contributed by atoms with Gasteiger partial charge in [0.15, 0.2) is 0 Å². The predicted molar refractivity (Wildman–Crippen MR) is 89.7 cm³/mol. The normalized spacial score (nSPS) is 13.1. The number of imide groups is 1. The summed E-state index contributed by atoms with van der Waals surface area (Å²) in [4.78, 5) is 37.5. The van der Waals surface area contributed by atoms with Gasteiger partial charge in [-0.3, -0.25) is 19.3 Å². The molecule has 0 bridgehead atoms. The molecule has 0 unspecified atom stereocenters. The smallest absolute Gasteiger partial charge is 0.263 e. The Bertz CT molecular complexity index is 852. The number of carbonyl (C=O) groups excluding carboxylic acids is 3. The van der Waals surface area contributed by atoms with Crippen LogP contribution in [0.15, 0.2) is 42.5 Å². The number of hydrogen-bond donors (Lipinski definition) is 1. The average molecular weight is 361 g/mol. The van der Waals surface area contributed by atoms with Crippen LogP contribution in [-0.2, 0) is 11.3 Å². The first kappa shape index (κ1) is 17.1. The predicted octanol–water partition coefficient (Wildman–Crippen LogP) is 2.78. The Balaban J connectivity index is 1.56. The fourth-order valence-corrected chi connectivity index (χ4v) is 2.86. The lowest BCUT2D eigenvalue weighted by molar-refractivity contribution is -0.121. The summed E-state index contributed by atoms with van der Waals surface area (Å²) in [5.41, 5.74) is 1.19. The number of nitrogens with zero attached hydrogens (tertiary/aromatic N) is 1. The van der Waals surface area contributed by atoms with Gasteiger partial charge >= 0.3 is 0 Å². The molecule has 3 rings (SSSR count). The second kappa shape index (κ2) is 7.03. The van der Waals surface area contributed by atoms with Gasteiger partial charge in [-0.2, -0.15) is 0 Å². The van der Waals surface area contributed by atoms with Crippen LogP contribution in [-0.4, -0.2) is 29.2 Å². The number of nitrogens with one attached hydrogen (secondary N) is 1. The van der Waals surface area contributed by atoms with Crippen molar-refractivity contribution in [3.63, 3.8) is 0 Å². The molecule has 0 radical (unpaired) electrons. The molecule has 25 heavy (non-hydrogen) atoms. The maximum atomic E-state index is 12.8. The minimum atomic E-state index is -0.489. The van der Waals surface area contributed by atoms with Crippen LogP contribution in [0.1, 0.15) is 32.7 Å². The Morgan fingerprint density at radius 3 is 2.48 bits per heavy atom. The number of rotatable bonds is 5. The van der Waals surface area contributed by atoms with E-state index in [9.17, 15) is 18.8 Å². The van der Waals surface area contributed by atoms with Crippen LogP contribution in [0.2, 0.25) is 5.02 Å². The summed E-state index contributed by atoms with van der Waals surface area (Å²) in [5, 5.41) is 2.89. The minimum Gasteiger partial charge on any atom is -0.352 e. The van der Waals surface area contributed by atoms with E-state index in [1.807, 2.05) is 0 Å². The number of halogens is 2. The summed E-state index contributed by atoms with van der Waals surface area (Å²) in [6.07, 6.45) is -0.0235. The first-order valence-electron chi connectivity index (χ1n) is 7.63. The van der Waals surface area contributed by atoms with E-state index in [4.69, 9.17) is 11.6 Å². The molecule has 0 fully saturated rings. The third kappa shape index (κ3) is 3.53. The summed E-state index contributed by atoms with van der Waals surface area (Å²) in [6.45, 7) is 0.213. The summed E-state index contributed by atoms with van der Waals surface area (Å²) in [7, 11) is 0. The second-order valence-electron chi connectivity index (χ2n) is 5.58. The third-order valence-electron chi connectivity index (χ3n) is 3.91. The first-order chi connectivity index (χ1) is 12.0. The molecule has 2 aromatic rings. The fourth-order valence-electron chi connectivity index (χ4n) is 2.60. The molecule has 1 heterocycles. The molecular formula is C18H14ClFN2O3. The topological polar surface area (TPSA) is 66.5 Å². The Hall–Kier alpha value is -2.73. The van der Waals surface area contributed by atoms with Gasteiger partial charge in [-0.15, -0.1) is 0 Å². The molecule has 1 aliphatic rings. The molecule has 7 heteroatoms. The van der Waals surface area contributed by atoms with Crippen LogP contribution < -0.4 is 5.32 Å². The number of amides is 3. The summed E-state index contributed by atoms with van der Waals surface area (Å²) >= 11 is 5.98. The van der Waals surface area contributed by atoms with Crippen LogP contribution in [0.25, 0.3) is 0 Å². The van der Waals surface area contributed by atoms with Crippen LogP contribution in [0.4, 0.5) is 4.39 Å². The maximum absolute atomic E-state index is 12.8. The summed E-state index contributed by atoms with van der Waals surface area (Å²) < 4.78 is 12.8. The minimum absolute atomic E-state index is 0.0235. The zero-order chi connectivity index (χ0) is 18.0. The van der Waals surface area contributed by atoms with Gasteiger partial charge in [-0.25, -0.2) is 4.39 Å². The molecule has 0 saturated carbocycles. The van der Waals surface area contributed by atoms with E-state index in [-0.39, 0.29) is 47.4 Å². The highest BCUT2D eigenvalue weighted by Gasteiger charge is 2.36. The molecule has 0 atom stereocenters. The van der Waals surface area contributed by atoms with Gasteiger partial charge in [-0.05, 0) is 29.8 Å². The zero-order valence-electron chi connectivity index (χ0n) is 13.1. The van der Waals surface area contributed by atoms with Gasteiger partial charge in [0.25, 0.3) is 11.8 Å². The molecule has 5 nitrogen and oxygen atoms in total. The lowest BCUT2D eigenvalue weighted by Crippen LogP contribution is -2.34. The summed E-state index contributed by atoms with van der Waals surface area (Å²) in [5.74, 6) is -1.60. The monoisotopic (exact) mass is 360 g/mol. The van der Waals surface area contributed by atoms with Crippen molar-refractivity contribution in [3.8, 4) is 0 Å². The van der Waals surface area contributed by atoms with Crippen molar-refractivity contribution in [2.75, 3.05) is 6.54 Å². The van der Waals surface area contributed by atoms with Crippen LogP contribution in [0, 0.1) is 5.82 Å². The Kier molecular flexibility index (Phi) is 4.81. The molecule has 1 aliphatic heterocycles. The first-order valence-corrected chi connectivity index (χ1v) is 8.01. The van der Waals surface area contributed by atoms with Gasteiger partial charge in [0.05, 0.1) is 16.1 Å². The maximum Gasteiger partial charge on any atom is 0.263 e. The molecule has 3 amide bonds. The van der Waals surface area contributed by atoms with Crippen molar-refractivity contribution in [2.45, 2.75) is 13.0 Å². The fraction of sp³-hybridized carbons (Fsp3) is 0.167. The lowest BCUT2D eigenvalue weighted by atomic mass is 10.1. The van der Waals surface area contributed by atoms with E-state index < -0.39 is 11.8 Å². The van der Waals surface area contributed by atoms with E-state index in [2.05, 4.69) is 5.32 Å². The van der Waals surface area contributed by atoms with Gasteiger partial charge in [-0.1, -0.05) is 29.8 Å². The quantitative estimate of drug-likeness (QED) is 0.834. The van der Waals surface area contributed by atoms with Crippen molar-refractivity contribution < 1.29 is 18.8 Å². The lowest BCUT2D eigenvalue weighted by Gasteiger charge is -2.13.